The summed E-state index contributed by atoms with van der Waals surface area (Å²) in [5.41, 5.74) is 1.95. The molecule has 3 heteroatoms. The van der Waals surface area contributed by atoms with Crippen LogP contribution in [0, 0.1) is 5.41 Å². The predicted octanol–water partition coefficient (Wildman–Crippen LogP) is 2.38. The summed E-state index contributed by atoms with van der Waals surface area (Å²) in [5.74, 6) is 0. The van der Waals surface area contributed by atoms with Crippen molar-refractivity contribution in [1.82, 2.24) is 5.32 Å². The molecule has 1 atom stereocenters. The van der Waals surface area contributed by atoms with E-state index in [-0.39, 0.29) is 5.41 Å². The molecule has 1 aliphatic rings. The molecule has 0 saturated heterocycles. The molecule has 0 radical (unpaired) electrons. The quantitative estimate of drug-likeness (QED) is 0.794. The highest BCUT2D eigenvalue weighted by atomic mass is 16.1. The third-order valence-electron chi connectivity index (χ3n) is 3.41. The van der Waals surface area contributed by atoms with Crippen LogP contribution in [0.15, 0.2) is 47.6 Å². The predicted molar refractivity (Wildman–Crippen MR) is 78.4 cm³/mol. The molecule has 100 valence electrons. The van der Waals surface area contributed by atoms with Gasteiger partial charge in [0.2, 0.25) is 0 Å². The van der Waals surface area contributed by atoms with E-state index < -0.39 is 0 Å². The minimum absolute atomic E-state index is 0.339. The molecule has 0 bridgehead atoms. The molecular formula is C16H20N2O. The van der Waals surface area contributed by atoms with Gasteiger partial charge in [0.1, 0.15) is 6.29 Å². The SMILES string of the molecule is C/C=C\NCC1=NCC(C=O)(Cc2ccccc2)C1. The number of allylic oxidation sites excluding steroid dienone is 1. The molecule has 2 rings (SSSR count). The second-order valence-corrected chi connectivity index (χ2v) is 5.08. The molecule has 3 nitrogen and oxygen atoms in total. The van der Waals surface area contributed by atoms with Gasteiger partial charge < -0.3 is 10.1 Å². The molecule has 0 amide bonds. The summed E-state index contributed by atoms with van der Waals surface area (Å²) >= 11 is 0. The molecule has 0 aromatic heterocycles. The second-order valence-electron chi connectivity index (χ2n) is 5.08. The van der Waals surface area contributed by atoms with Crippen LogP contribution in [0.5, 0.6) is 0 Å². The van der Waals surface area contributed by atoms with Crippen LogP contribution in [0.3, 0.4) is 0 Å². The number of rotatable bonds is 6. The van der Waals surface area contributed by atoms with Gasteiger partial charge in [0.05, 0.1) is 18.5 Å². The van der Waals surface area contributed by atoms with Crippen LogP contribution in [0.4, 0.5) is 0 Å². The average Bonchev–Trinajstić information content (AvgIpc) is 2.84. The number of nitrogens with one attached hydrogen (secondary N) is 1. The van der Waals surface area contributed by atoms with Crippen molar-refractivity contribution >= 4 is 12.0 Å². The number of aldehydes is 1. The smallest absolute Gasteiger partial charge is 0.128 e. The van der Waals surface area contributed by atoms with E-state index in [2.05, 4.69) is 22.4 Å². The maximum Gasteiger partial charge on any atom is 0.128 e. The molecule has 0 aliphatic carbocycles. The number of benzene rings is 1. The molecule has 1 unspecified atom stereocenters. The van der Waals surface area contributed by atoms with Crippen molar-refractivity contribution in [1.29, 1.82) is 0 Å². The van der Waals surface area contributed by atoms with Gasteiger partial charge in [-0.3, -0.25) is 4.99 Å². The number of hydrogen-bond acceptors (Lipinski definition) is 3. The Morgan fingerprint density at radius 2 is 2.16 bits per heavy atom. The van der Waals surface area contributed by atoms with Gasteiger partial charge in [-0.25, -0.2) is 0 Å². The standard InChI is InChI=1S/C16H20N2O/c1-2-8-17-11-15-10-16(13-19,12-18-15)9-14-6-4-3-5-7-14/h2-8,13,17H,9-12H2,1H3/b8-2-. The molecule has 1 aromatic carbocycles. The lowest BCUT2D eigenvalue weighted by atomic mass is 9.80. The van der Waals surface area contributed by atoms with E-state index in [1.54, 1.807) is 0 Å². The Labute approximate surface area is 114 Å². The van der Waals surface area contributed by atoms with Crippen molar-refractivity contribution in [2.24, 2.45) is 10.4 Å². The largest absolute Gasteiger partial charge is 0.386 e. The number of carbonyl (C=O) groups is 1. The zero-order chi connectivity index (χ0) is 13.6. The second kappa shape index (κ2) is 6.32. The molecule has 1 heterocycles. The van der Waals surface area contributed by atoms with Crippen molar-refractivity contribution in [3.8, 4) is 0 Å². The van der Waals surface area contributed by atoms with E-state index in [9.17, 15) is 4.79 Å². The van der Waals surface area contributed by atoms with Gasteiger partial charge >= 0.3 is 0 Å². The highest BCUT2D eigenvalue weighted by molar-refractivity contribution is 5.92. The first-order chi connectivity index (χ1) is 9.28. The Hall–Kier alpha value is -1.90. The summed E-state index contributed by atoms with van der Waals surface area (Å²) in [6.45, 7) is 3.31. The summed E-state index contributed by atoms with van der Waals surface area (Å²) < 4.78 is 0. The van der Waals surface area contributed by atoms with Gasteiger partial charge in [-0.15, -0.1) is 0 Å². The summed E-state index contributed by atoms with van der Waals surface area (Å²) in [7, 11) is 0. The van der Waals surface area contributed by atoms with Crippen LogP contribution in [0.25, 0.3) is 0 Å². The van der Waals surface area contributed by atoms with Gasteiger partial charge in [0.15, 0.2) is 0 Å². The van der Waals surface area contributed by atoms with Crippen molar-refractivity contribution in [3.63, 3.8) is 0 Å². The Kier molecular flexibility index (Phi) is 4.50. The zero-order valence-corrected chi connectivity index (χ0v) is 11.3. The number of aliphatic imine (C=N–C) groups is 1. The first-order valence-corrected chi connectivity index (χ1v) is 6.65. The lowest BCUT2D eigenvalue weighted by molar-refractivity contribution is -0.115. The molecule has 0 saturated carbocycles. The van der Waals surface area contributed by atoms with E-state index in [0.29, 0.717) is 6.54 Å². The van der Waals surface area contributed by atoms with E-state index in [0.717, 1.165) is 31.4 Å². The molecule has 19 heavy (non-hydrogen) atoms. The molecule has 0 fully saturated rings. The fraction of sp³-hybridized carbons (Fsp3) is 0.375. The van der Waals surface area contributed by atoms with E-state index >= 15 is 0 Å². The number of carbonyl (C=O) groups excluding carboxylic acids is 1. The van der Waals surface area contributed by atoms with Crippen LogP contribution in [0.2, 0.25) is 0 Å². The van der Waals surface area contributed by atoms with Gasteiger partial charge in [-0.05, 0) is 25.1 Å². The third-order valence-corrected chi connectivity index (χ3v) is 3.41. The topological polar surface area (TPSA) is 41.5 Å². The van der Waals surface area contributed by atoms with Crippen LogP contribution in [-0.4, -0.2) is 25.1 Å². The van der Waals surface area contributed by atoms with Crippen LogP contribution < -0.4 is 5.32 Å². The Bertz CT molecular complexity index is 479. The van der Waals surface area contributed by atoms with Gasteiger partial charge in [0, 0.05) is 12.1 Å². The molecule has 0 spiro atoms. The fourth-order valence-corrected chi connectivity index (χ4v) is 2.44. The van der Waals surface area contributed by atoms with Crippen molar-refractivity contribution in [3.05, 3.63) is 48.2 Å². The average molecular weight is 256 g/mol. The molecular weight excluding hydrogens is 236 g/mol. The Morgan fingerprint density at radius 1 is 1.37 bits per heavy atom. The number of nitrogens with zero attached hydrogens (tertiary/aromatic N) is 1. The normalized spacial score (nSPS) is 22.5. The van der Waals surface area contributed by atoms with Crippen LogP contribution in [0.1, 0.15) is 18.9 Å². The van der Waals surface area contributed by atoms with Gasteiger partial charge in [-0.1, -0.05) is 36.4 Å². The summed E-state index contributed by atoms with van der Waals surface area (Å²) in [6, 6.07) is 10.2. The lowest BCUT2D eigenvalue weighted by Crippen LogP contribution is -2.28. The van der Waals surface area contributed by atoms with Crippen molar-refractivity contribution < 1.29 is 4.79 Å². The first kappa shape index (κ1) is 13.5. The minimum atomic E-state index is -0.339. The van der Waals surface area contributed by atoms with E-state index in [1.807, 2.05) is 37.4 Å². The van der Waals surface area contributed by atoms with E-state index in [1.165, 1.54) is 5.56 Å². The lowest BCUT2D eigenvalue weighted by Gasteiger charge is -2.21. The monoisotopic (exact) mass is 256 g/mol. The van der Waals surface area contributed by atoms with E-state index in [4.69, 9.17) is 0 Å². The summed E-state index contributed by atoms with van der Waals surface area (Å²) in [6.07, 6.45) is 6.48. The first-order valence-electron chi connectivity index (χ1n) is 6.65. The summed E-state index contributed by atoms with van der Waals surface area (Å²) in [4.78, 5) is 16.0. The summed E-state index contributed by atoms with van der Waals surface area (Å²) in [5, 5.41) is 3.18. The highest BCUT2D eigenvalue weighted by Gasteiger charge is 2.35. The molecule has 1 aromatic rings. The maximum atomic E-state index is 11.5. The minimum Gasteiger partial charge on any atom is -0.386 e. The highest BCUT2D eigenvalue weighted by Crippen LogP contribution is 2.30. The van der Waals surface area contributed by atoms with Crippen LogP contribution >= 0.6 is 0 Å². The fourth-order valence-electron chi connectivity index (χ4n) is 2.44. The molecule has 1 aliphatic heterocycles. The van der Waals surface area contributed by atoms with Crippen molar-refractivity contribution in [2.45, 2.75) is 19.8 Å². The maximum absolute atomic E-state index is 11.5. The molecule has 1 N–H and O–H groups in total. The van der Waals surface area contributed by atoms with Crippen LogP contribution in [-0.2, 0) is 11.2 Å². The van der Waals surface area contributed by atoms with Gasteiger partial charge in [-0.2, -0.15) is 0 Å². The number of hydrogen-bond donors (Lipinski definition) is 1. The Morgan fingerprint density at radius 3 is 2.84 bits per heavy atom. The van der Waals surface area contributed by atoms with Gasteiger partial charge in [0.25, 0.3) is 0 Å². The Balaban J connectivity index is 1.97. The zero-order valence-electron chi connectivity index (χ0n) is 11.3. The van der Waals surface area contributed by atoms with Crippen molar-refractivity contribution in [2.75, 3.05) is 13.1 Å². The third kappa shape index (κ3) is 3.53.